The predicted molar refractivity (Wildman–Crippen MR) is 87.7 cm³/mol. The fourth-order valence-electron chi connectivity index (χ4n) is 3.41. The van der Waals surface area contributed by atoms with Gasteiger partial charge in [0.15, 0.2) is 0 Å². The molecule has 1 spiro atoms. The Labute approximate surface area is 133 Å². The average molecular weight is 323 g/mol. The molecule has 0 amide bonds. The fourth-order valence-corrected chi connectivity index (χ4v) is 5.70. The van der Waals surface area contributed by atoms with Gasteiger partial charge in [0.1, 0.15) is 5.78 Å². The molecule has 1 aromatic carbocycles. The molecule has 2 saturated carbocycles. The van der Waals surface area contributed by atoms with Gasteiger partial charge in [-0.2, -0.15) is 0 Å². The molecule has 0 bridgehead atoms. The second-order valence-corrected chi connectivity index (χ2v) is 8.51. The van der Waals surface area contributed by atoms with Gasteiger partial charge in [-0.1, -0.05) is 30.3 Å². The van der Waals surface area contributed by atoms with Crippen LogP contribution in [0.2, 0.25) is 0 Å². The Balaban J connectivity index is 1.73. The number of hydrogen-bond acceptors (Lipinski definition) is 4. The number of benzene rings is 1. The normalized spacial score (nSPS) is 23.5. The highest BCUT2D eigenvalue weighted by Crippen LogP contribution is 2.76. The first-order valence-electron chi connectivity index (χ1n) is 8.29. The molecule has 0 heterocycles. The van der Waals surface area contributed by atoms with Gasteiger partial charge in [-0.05, 0) is 50.0 Å². The maximum Gasteiger partial charge on any atom is 0.347 e. The van der Waals surface area contributed by atoms with Gasteiger partial charge in [-0.25, -0.2) is 0 Å². The van der Waals surface area contributed by atoms with E-state index in [9.17, 15) is 4.57 Å². The second-order valence-electron chi connectivity index (χ2n) is 6.36. The van der Waals surface area contributed by atoms with Crippen molar-refractivity contribution in [3.63, 3.8) is 0 Å². The summed E-state index contributed by atoms with van der Waals surface area (Å²) in [5, 5.41) is 3.49. The molecule has 0 aromatic heterocycles. The molecule has 3 rings (SSSR count). The van der Waals surface area contributed by atoms with Crippen LogP contribution in [0.15, 0.2) is 30.3 Å². The van der Waals surface area contributed by atoms with E-state index in [0.29, 0.717) is 31.1 Å². The smallest absolute Gasteiger partial charge is 0.308 e. The highest BCUT2D eigenvalue weighted by molar-refractivity contribution is 7.54. The quantitative estimate of drug-likeness (QED) is 0.693. The van der Waals surface area contributed by atoms with Crippen LogP contribution in [0.5, 0.6) is 0 Å². The van der Waals surface area contributed by atoms with Crippen molar-refractivity contribution in [3.05, 3.63) is 35.9 Å². The van der Waals surface area contributed by atoms with Gasteiger partial charge in [0.05, 0.1) is 13.2 Å². The molecule has 2 fully saturated rings. The van der Waals surface area contributed by atoms with E-state index in [-0.39, 0.29) is 5.78 Å². The molecule has 0 saturated heterocycles. The van der Waals surface area contributed by atoms with Crippen molar-refractivity contribution >= 4 is 7.60 Å². The molecule has 1 aromatic rings. The van der Waals surface area contributed by atoms with Crippen LogP contribution in [0.1, 0.15) is 38.7 Å². The Morgan fingerprint density at radius 3 is 2.36 bits per heavy atom. The van der Waals surface area contributed by atoms with E-state index in [0.717, 1.165) is 6.42 Å². The molecule has 4 nitrogen and oxygen atoms in total. The summed E-state index contributed by atoms with van der Waals surface area (Å²) in [4.78, 5) is 0. The lowest BCUT2D eigenvalue weighted by molar-refractivity contribution is 0.202. The number of nitrogens with one attached hydrogen (secondary N) is 1. The fraction of sp³-hybridized carbons (Fsp3) is 0.647. The van der Waals surface area contributed by atoms with Crippen molar-refractivity contribution in [2.24, 2.45) is 11.3 Å². The van der Waals surface area contributed by atoms with Crippen LogP contribution >= 0.6 is 7.60 Å². The monoisotopic (exact) mass is 323 g/mol. The van der Waals surface area contributed by atoms with Crippen molar-refractivity contribution in [3.8, 4) is 0 Å². The Morgan fingerprint density at radius 2 is 1.86 bits per heavy atom. The third-order valence-electron chi connectivity index (χ3n) is 4.84. The van der Waals surface area contributed by atoms with E-state index in [1.807, 2.05) is 32.0 Å². The first-order chi connectivity index (χ1) is 10.6. The Kier molecular flexibility index (Phi) is 4.75. The van der Waals surface area contributed by atoms with Gasteiger partial charge in [0.25, 0.3) is 0 Å². The Bertz CT molecular complexity index is 534. The largest absolute Gasteiger partial charge is 0.347 e. The highest BCUT2D eigenvalue weighted by Gasteiger charge is 2.68. The summed E-state index contributed by atoms with van der Waals surface area (Å²) in [5.41, 5.74) is 1.63. The summed E-state index contributed by atoms with van der Waals surface area (Å²) in [7, 11) is -3.11. The SMILES string of the molecule is CCOP(=O)(OCC)C(NCc1ccccc1)C1CC12CC2. The van der Waals surface area contributed by atoms with Gasteiger partial charge < -0.3 is 9.05 Å². The first-order valence-corrected chi connectivity index (χ1v) is 9.91. The molecule has 2 unspecified atom stereocenters. The van der Waals surface area contributed by atoms with Crippen LogP contribution in [-0.2, 0) is 20.2 Å². The number of rotatable bonds is 9. The van der Waals surface area contributed by atoms with Crippen molar-refractivity contribution < 1.29 is 13.6 Å². The number of hydrogen-bond donors (Lipinski definition) is 1. The molecule has 1 N–H and O–H groups in total. The zero-order valence-electron chi connectivity index (χ0n) is 13.5. The topological polar surface area (TPSA) is 47.6 Å². The van der Waals surface area contributed by atoms with Gasteiger partial charge in [-0.15, -0.1) is 0 Å². The maximum atomic E-state index is 13.2. The van der Waals surface area contributed by atoms with Crippen LogP contribution in [0.4, 0.5) is 0 Å². The lowest BCUT2D eigenvalue weighted by atomic mass is 10.2. The standard InChI is InChI=1S/C17H26NO3P/c1-3-20-22(19,21-4-2)16(15-12-17(15)10-11-17)18-13-14-8-6-5-7-9-14/h5-9,15-16,18H,3-4,10-13H2,1-2H3. The van der Waals surface area contributed by atoms with E-state index >= 15 is 0 Å². The summed E-state index contributed by atoms with van der Waals surface area (Å²) in [5.74, 6) is 0.246. The lowest BCUT2D eigenvalue weighted by Gasteiger charge is -2.27. The molecule has 5 heteroatoms. The third kappa shape index (κ3) is 3.30. The van der Waals surface area contributed by atoms with Crippen molar-refractivity contribution in [1.29, 1.82) is 0 Å². The molecule has 2 aliphatic rings. The Hall–Kier alpha value is -0.670. The van der Waals surface area contributed by atoms with E-state index in [1.54, 1.807) is 0 Å². The van der Waals surface area contributed by atoms with Gasteiger partial charge >= 0.3 is 7.60 Å². The van der Waals surface area contributed by atoms with E-state index in [4.69, 9.17) is 9.05 Å². The van der Waals surface area contributed by atoms with E-state index in [2.05, 4.69) is 17.4 Å². The van der Waals surface area contributed by atoms with Gasteiger partial charge in [-0.3, -0.25) is 9.88 Å². The minimum Gasteiger partial charge on any atom is -0.308 e. The molecule has 0 aliphatic heterocycles. The second kappa shape index (κ2) is 6.45. The highest BCUT2D eigenvalue weighted by atomic mass is 31.2. The average Bonchev–Trinajstić information content (AvgIpc) is 3.42. The first kappa shape index (κ1) is 16.2. The summed E-state index contributed by atoms with van der Waals surface area (Å²) in [6, 6.07) is 10.2. The molecule has 2 aliphatic carbocycles. The van der Waals surface area contributed by atoms with Gasteiger partial charge in [0, 0.05) is 6.54 Å². The van der Waals surface area contributed by atoms with Crippen LogP contribution in [-0.4, -0.2) is 19.0 Å². The summed E-state index contributed by atoms with van der Waals surface area (Å²) in [6.07, 6.45) is 3.68. The van der Waals surface area contributed by atoms with Crippen LogP contribution in [0.3, 0.4) is 0 Å². The Morgan fingerprint density at radius 1 is 1.23 bits per heavy atom. The van der Waals surface area contributed by atoms with Crippen LogP contribution in [0.25, 0.3) is 0 Å². The summed E-state index contributed by atoms with van der Waals surface area (Å²) < 4.78 is 24.5. The summed E-state index contributed by atoms with van der Waals surface area (Å²) >= 11 is 0. The van der Waals surface area contributed by atoms with Gasteiger partial charge in [0.2, 0.25) is 0 Å². The molecule has 122 valence electrons. The van der Waals surface area contributed by atoms with E-state index < -0.39 is 7.60 Å². The molecule has 2 atom stereocenters. The molecular formula is C17H26NO3P. The van der Waals surface area contributed by atoms with Crippen LogP contribution < -0.4 is 5.32 Å². The molecular weight excluding hydrogens is 297 g/mol. The predicted octanol–water partition coefficient (Wildman–Crippen LogP) is 4.17. The maximum absolute atomic E-state index is 13.2. The minimum atomic E-state index is -3.11. The van der Waals surface area contributed by atoms with Crippen molar-refractivity contribution in [2.75, 3.05) is 13.2 Å². The summed E-state index contributed by atoms with van der Waals surface area (Å²) in [6.45, 7) is 5.28. The van der Waals surface area contributed by atoms with Crippen LogP contribution in [0, 0.1) is 11.3 Å². The third-order valence-corrected chi connectivity index (χ3v) is 7.30. The van der Waals surface area contributed by atoms with E-state index in [1.165, 1.54) is 18.4 Å². The zero-order valence-corrected chi connectivity index (χ0v) is 14.4. The zero-order chi connectivity index (χ0) is 15.6. The minimum absolute atomic E-state index is 0.185. The van der Waals surface area contributed by atoms with Crippen molar-refractivity contribution in [2.45, 2.75) is 45.4 Å². The molecule has 0 radical (unpaired) electrons. The van der Waals surface area contributed by atoms with Crippen molar-refractivity contribution in [1.82, 2.24) is 5.32 Å². The molecule has 22 heavy (non-hydrogen) atoms. The lowest BCUT2D eigenvalue weighted by Crippen LogP contribution is -2.33.